The van der Waals surface area contributed by atoms with Crippen LogP contribution in [0.1, 0.15) is 26.4 Å². The van der Waals surface area contributed by atoms with E-state index in [2.05, 4.69) is 20.4 Å². The number of hydrogen-bond donors (Lipinski definition) is 2. The lowest BCUT2D eigenvalue weighted by Gasteiger charge is -2.11. The van der Waals surface area contributed by atoms with E-state index in [1.807, 2.05) is 31.2 Å². The largest absolute Gasteiger partial charge is 0.465 e. The monoisotopic (exact) mass is 395 g/mol. The molecule has 0 radical (unpaired) electrons. The zero-order valence-corrected chi connectivity index (χ0v) is 16.1. The molecule has 0 aliphatic rings. The maximum absolute atomic E-state index is 12.6. The summed E-state index contributed by atoms with van der Waals surface area (Å²) in [5, 5.41) is 6.25. The van der Waals surface area contributed by atoms with Crippen LogP contribution < -0.4 is 10.6 Å². The van der Waals surface area contributed by atoms with E-state index in [1.165, 1.54) is 25.3 Å². The minimum atomic E-state index is -0.519. The van der Waals surface area contributed by atoms with Crippen LogP contribution >= 0.6 is 11.6 Å². The van der Waals surface area contributed by atoms with Gasteiger partial charge in [0.05, 0.1) is 23.4 Å². The van der Waals surface area contributed by atoms with Gasteiger partial charge in [-0.05, 0) is 48.9 Å². The number of nitrogens with one attached hydrogen (secondary N) is 2. The number of halogens is 1. The van der Waals surface area contributed by atoms with Gasteiger partial charge in [-0.3, -0.25) is 9.78 Å². The lowest BCUT2D eigenvalue weighted by molar-refractivity contribution is 0.0600. The van der Waals surface area contributed by atoms with Crippen LogP contribution in [0.2, 0.25) is 5.02 Å². The molecule has 0 bridgehead atoms. The number of carbonyl (C=O) groups excluding carboxylic acids is 2. The van der Waals surface area contributed by atoms with Crippen LogP contribution in [0.3, 0.4) is 0 Å². The Morgan fingerprint density at radius 3 is 2.57 bits per heavy atom. The molecule has 0 fully saturated rings. The Morgan fingerprint density at radius 2 is 1.82 bits per heavy atom. The van der Waals surface area contributed by atoms with Crippen LogP contribution in [0.15, 0.2) is 60.8 Å². The lowest BCUT2D eigenvalue weighted by Crippen LogP contribution is -2.15. The highest BCUT2D eigenvalue weighted by Gasteiger charge is 2.14. The smallest absolute Gasteiger partial charge is 0.337 e. The second-order valence-electron chi connectivity index (χ2n) is 6.01. The molecular weight excluding hydrogens is 378 g/mol. The molecular formula is C21H18ClN3O3. The van der Waals surface area contributed by atoms with Gasteiger partial charge in [-0.1, -0.05) is 29.8 Å². The molecule has 0 saturated heterocycles. The van der Waals surface area contributed by atoms with E-state index in [9.17, 15) is 9.59 Å². The summed E-state index contributed by atoms with van der Waals surface area (Å²) in [6, 6.07) is 15.7. The van der Waals surface area contributed by atoms with Gasteiger partial charge in [0.15, 0.2) is 0 Å². The summed E-state index contributed by atoms with van der Waals surface area (Å²) in [6.07, 6.45) is 1.54. The van der Waals surface area contributed by atoms with Gasteiger partial charge in [0, 0.05) is 17.6 Å². The Bertz CT molecular complexity index is 1040. The number of nitrogens with zero attached hydrogens (tertiary/aromatic N) is 1. The minimum absolute atomic E-state index is 0.207. The fourth-order valence-corrected chi connectivity index (χ4v) is 2.72. The van der Waals surface area contributed by atoms with Gasteiger partial charge < -0.3 is 15.4 Å². The predicted molar refractivity (Wildman–Crippen MR) is 109 cm³/mol. The molecule has 1 heterocycles. The van der Waals surface area contributed by atoms with E-state index in [-0.39, 0.29) is 11.3 Å². The molecule has 0 unspecified atom stereocenters. The van der Waals surface area contributed by atoms with Crippen molar-refractivity contribution in [3.63, 3.8) is 0 Å². The van der Waals surface area contributed by atoms with Gasteiger partial charge in [0.2, 0.25) is 0 Å². The Hall–Kier alpha value is -3.38. The minimum Gasteiger partial charge on any atom is -0.465 e. The summed E-state index contributed by atoms with van der Waals surface area (Å²) in [4.78, 5) is 28.4. The number of hydrogen-bond acceptors (Lipinski definition) is 5. The summed E-state index contributed by atoms with van der Waals surface area (Å²) in [7, 11) is 1.28. The summed E-state index contributed by atoms with van der Waals surface area (Å²) < 4.78 is 4.69. The van der Waals surface area contributed by atoms with E-state index in [0.29, 0.717) is 10.7 Å². The molecule has 28 heavy (non-hydrogen) atoms. The number of pyridine rings is 1. The molecule has 2 aromatic carbocycles. The summed E-state index contributed by atoms with van der Waals surface area (Å²) in [6.45, 7) is 1.99. The molecule has 2 N–H and O–H groups in total. The van der Waals surface area contributed by atoms with Crippen LogP contribution in [0.4, 0.5) is 17.1 Å². The van der Waals surface area contributed by atoms with Crippen molar-refractivity contribution in [3.05, 3.63) is 82.6 Å². The Morgan fingerprint density at radius 1 is 1.04 bits per heavy atom. The molecule has 0 aliphatic heterocycles. The quantitative estimate of drug-likeness (QED) is 0.605. The number of aromatic nitrogens is 1. The van der Waals surface area contributed by atoms with Gasteiger partial charge in [0.1, 0.15) is 5.69 Å². The van der Waals surface area contributed by atoms with E-state index in [4.69, 9.17) is 11.6 Å². The molecule has 1 amide bonds. The van der Waals surface area contributed by atoms with Gasteiger partial charge >= 0.3 is 5.97 Å². The van der Waals surface area contributed by atoms with Crippen molar-refractivity contribution in [1.29, 1.82) is 0 Å². The van der Waals surface area contributed by atoms with Gasteiger partial charge in [0.25, 0.3) is 5.91 Å². The highest BCUT2D eigenvalue weighted by Crippen LogP contribution is 2.25. The summed E-state index contributed by atoms with van der Waals surface area (Å²) >= 11 is 6.13. The van der Waals surface area contributed by atoms with Gasteiger partial charge in [-0.15, -0.1) is 0 Å². The number of anilines is 3. The van der Waals surface area contributed by atoms with E-state index in [1.54, 1.807) is 18.3 Å². The summed E-state index contributed by atoms with van der Waals surface area (Å²) in [5.74, 6) is -0.966. The molecule has 3 rings (SSSR count). The molecule has 0 saturated carbocycles. The molecule has 0 aliphatic carbocycles. The summed E-state index contributed by atoms with van der Waals surface area (Å²) in [5.41, 5.74) is 3.53. The fourth-order valence-electron chi connectivity index (χ4n) is 2.55. The first kappa shape index (κ1) is 19.4. The highest BCUT2D eigenvalue weighted by atomic mass is 35.5. The average molecular weight is 396 g/mol. The second-order valence-corrected chi connectivity index (χ2v) is 6.42. The number of ether oxygens (including phenoxy) is 1. The second kappa shape index (κ2) is 8.54. The zero-order chi connectivity index (χ0) is 20.1. The normalized spacial score (nSPS) is 10.2. The maximum atomic E-state index is 12.6. The number of esters is 1. The van der Waals surface area contributed by atoms with Crippen molar-refractivity contribution in [2.75, 3.05) is 17.7 Å². The Balaban J connectivity index is 1.80. The molecule has 6 nitrogen and oxygen atoms in total. The first-order valence-corrected chi connectivity index (χ1v) is 8.83. The Labute approximate surface area is 167 Å². The van der Waals surface area contributed by atoms with Crippen molar-refractivity contribution in [2.24, 2.45) is 0 Å². The van der Waals surface area contributed by atoms with Crippen molar-refractivity contribution >= 4 is 40.5 Å². The third-order valence-corrected chi connectivity index (χ3v) is 4.38. The van der Waals surface area contributed by atoms with Crippen molar-refractivity contribution in [2.45, 2.75) is 6.92 Å². The third kappa shape index (κ3) is 4.47. The number of amides is 1. The molecule has 3 aromatic rings. The molecule has 142 valence electrons. The van der Waals surface area contributed by atoms with Gasteiger partial charge in [-0.25, -0.2) is 4.79 Å². The fraction of sp³-hybridized carbons (Fsp3) is 0.0952. The standard InChI is InChI=1S/C21H18ClN3O3/c1-13-5-3-4-6-17(13)24-15-9-10-23-19(12-15)20(26)25-18-11-14(21(27)28-2)7-8-16(18)22/h3-12H,1-2H3,(H,23,24)(H,25,26). The number of carbonyl (C=O) groups is 2. The van der Waals surface area contributed by atoms with Gasteiger partial charge in [-0.2, -0.15) is 0 Å². The maximum Gasteiger partial charge on any atom is 0.337 e. The molecule has 0 atom stereocenters. The number of rotatable bonds is 5. The Kier molecular flexibility index (Phi) is 5.91. The van der Waals surface area contributed by atoms with Crippen LogP contribution in [0.5, 0.6) is 0 Å². The molecule has 0 spiro atoms. The van der Waals surface area contributed by atoms with Crippen molar-refractivity contribution in [3.8, 4) is 0 Å². The number of aryl methyl sites for hydroxylation is 1. The average Bonchev–Trinajstić information content (AvgIpc) is 2.71. The molecule has 7 heteroatoms. The zero-order valence-electron chi connectivity index (χ0n) is 15.3. The van der Waals surface area contributed by atoms with E-state index < -0.39 is 11.9 Å². The van der Waals surface area contributed by atoms with Crippen LogP contribution in [-0.2, 0) is 4.74 Å². The number of benzene rings is 2. The van der Waals surface area contributed by atoms with Crippen LogP contribution in [0.25, 0.3) is 0 Å². The van der Waals surface area contributed by atoms with E-state index >= 15 is 0 Å². The number of para-hydroxylation sites is 1. The van der Waals surface area contributed by atoms with E-state index in [0.717, 1.165) is 16.9 Å². The molecule has 1 aromatic heterocycles. The SMILES string of the molecule is COC(=O)c1ccc(Cl)c(NC(=O)c2cc(Nc3ccccc3C)ccn2)c1. The predicted octanol–water partition coefficient (Wildman–Crippen LogP) is 4.83. The van der Waals surface area contributed by atoms with Crippen LogP contribution in [-0.4, -0.2) is 24.0 Å². The topological polar surface area (TPSA) is 80.3 Å². The highest BCUT2D eigenvalue weighted by molar-refractivity contribution is 6.34. The first-order chi connectivity index (χ1) is 13.5. The van der Waals surface area contributed by atoms with Crippen molar-refractivity contribution in [1.82, 2.24) is 4.98 Å². The van der Waals surface area contributed by atoms with Crippen molar-refractivity contribution < 1.29 is 14.3 Å². The first-order valence-electron chi connectivity index (χ1n) is 8.46. The lowest BCUT2D eigenvalue weighted by atomic mass is 10.2. The number of methoxy groups -OCH3 is 1. The van der Waals surface area contributed by atoms with Crippen LogP contribution in [0, 0.1) is 6.92 Å². The third-order valence-electron chi connectivity index (χ3n) is 4.05.